The van der Waals surface area contributed by atoms with Crippen molar-refractivity contribution in [2.75, 3.05) is 4.90 Å². The summed E-state index contributed by atoms with van der Waals surface area (Å²) in [6.45, 7) is 1.20. The zero-order valence-electron chi connectivity index (χ0n) is 18.1. The number of allylic oxidation sites excluding steroid dienone is 2. The number of carbonyl (C=O) groups is 1. The first-order chi connectivity index (χ1) is 16.3. The lowest BCUT2D eigenvalue weighted by Crippen LogP contribution is -2.24. The van der Waals surface area contributed by atoms with Crippen molar-refractivity contribution in [2.24, 2.45) is 0 Å². The van der Waals surface area contributed by atoms with Gasteiger partial charge < -0.3 is 9.64 Å². The van der Waals surface area contributed by atoms with Gasteiger partial charge in [-0.1, -0.05) is 72.8 Å². The predicted octanol–water partition coefficient (Wildman–Crippen LogP) is 7.13. The first-order valence-corrected chi connectivity index (χ1v) is 11.7. The van der Waals surface area contributed by atoms with Crippen LogP contribution in [-0.2, 0) is 13.2 Å². The first-order valence-electron chi connectivity index (χ1n) is 10.9. The van der Waals surface area contributed by atoms with Gasteiger partial charge in [0.25, 0.3) is 0 Å². The highest BCUT2D eigenvalue weighted by Crippen LogP contribution is 2.35. The number of anilines is 1. The minimum Gasteiger partial charge on any atom is -0.489 e. The number of fused-ring (bicyclic) bond motifs is 1. The molecule has 0 bridgehead atoms. The van der Waals surface area contributed by atoms with Crippen LogP contribution < -0.4 is 9.64 Å². The Balaban J connectivity index is 1.44. The van der Waals surface area contributed by atoms with Crippen molar-refractivity contribution in [2.45, 2.75) is 13.2 Å². The minimum absolute atomic E-state index is 0.0222. The number of thiophene rings is 1. The van der Waals surface area contributed by atoms with Crippen LogP contribution in [0.3, 0.4) is 0 Å². The standard InChI is InChI=1S/C29H23NO2S/c31-28(29-12-7-17-33-29)19-25-14-13-24-18-26(32-21-23-10-5-2-6-11-23)15-16-27(24)30(25)20-22-8-3-1-4-9-22/h1-19H,20-21H2/b25-19+. The van der Waals surface area contributed by atoms with Gasteiger partial charge in [-0.05, 0) is 46.8 Å². The minimum atomic E-state index is 0.0222. The Kier molecular flexibility index (Phi) is 6.18. The van der Waals surface area contributed by atoms with E-state index in [0.717, 1.165) is 33.1 Å². The smallest absolute Gasteiger partial charge is 0.197 e. The number of hydrogen-bond acceptors (Lipinski definition) is 4. The second-order valence-corrected chi connectivity index (χ2v) is 8.76. The van der Waals surface area contributed by atoms with Crippen molar-refractivity contribution >= 4 is 28.9 Å². The van der Waals surface area contributed by atoms with E-state index in [1.165, 1.54) is 16.9 Å². The molecule has 0 unspecified atom stereocenters. The van der Waals surface area contributed by atoms with Gasteiger partial charge in [0, 0.05) is 29.6 Å². The van der Waals surface area contributed by atoms with E-state index in [1.54, 1.807) is 6.08 Å². The highest BCUT2D eigenvalue weighted by atomic mass is 32.1. The van der Waals surface area contributed by atoms with Crippen LogP contribution in [0.5, 0.6) is 5.75 Å². The van der Waals surface area contributed by atoms with E-state index in [2.05, 4.69) is 47.4 Å². The molecule has 0 fully saturated rings. The fraction of sp³-hybridized carbons (Fsp3) is 0.0690. The van der Waals surface area contributed by atoms with E-state index < -0.39 is 0 Å². The third-order valence-electron chi connectivity index (χ3n) is 5.51. The molecule has 1 aliphatic heterocycles. The Morgan fingerprint density at radius 3 is 2.33 bits per heavy atom. The van der Waals surface area contributed by atoms with E-state index in [4.69, 9.17) is 4.74 Å². The summed E-state index contributed by atoms with van der Waals surface area (Å²) in [5.41, 5.74) is 5.31. The SMILES string of the molecule is O=C(/C=C1\C=Cc2cc(OCc3ccccc3)ccc2N1Cc1ccccc1)c1cccs1. The summed E-state index contributed by atoms with van der Waals surface area (Å²) in [7, 11) is 0. The van der Waals surface area contributed by atoms with Crippen LogP contribution in [0.25, 0.3) is 6.08 Å². The van der Waals surface area contributed by atoms with Crippen LogP contribution in [0.2, 0.25) is 0 Å². The number of carbonyl (C=O) groups excluding carboxylic acids is 1. The molecule has 0 saturated heterocycles. The molecule has 1 aromatic heterocycles. The first kappa shape index (κ1) is 21.0. The second-order valence-electron chi connectivity index (χ2n) is 7.81. The molecule has 162 valence electrons. The zero-order chi connectivity index (χ0) is 22.5. The zero-order valence-corrected chi connectivity index (χ0v) is 18.9. The molecule has 0 atom stereocenters. The van der Waals surface area contributed by atoms with Gasteiger partial charge in [-0.25, -0.2) is 0 Å². The number of benzene rings is 3. The van der Waals surface area contributed by atoms with Crippen molar-refractivity contribution in [1.29, 1.82) is 0 Å². The molecule has 1 aliphatic rings. The van der Waals surface area contributed by atoms with Gasteiger partial charge in [0.15, 0.2) is 5.78 Å². The molecule has 4 aromatic rings. The van der Waals surface area contributed by atoms with E-state index in [0.29, 0.717) is 13.2 Å². The van der Waals surface area contributed by atoms with Gasteiger partial charge in [-0.3, -0.25) is 4.79 Å². The molecule has 2 heterocycles. The maximum atomic E-state index is 12.8. The fourth-order valence-corrected chi connectivity index (χ4v) is 4.48. The summed E-state index contributed by atoms with van der Waals surface area (Å²) in [5, 5.41) is 1.93. The third kappa shape index (κ3) is 4.97. The monoisotopic (exact) mass is 449 g/mol. The quantitative estimate of drug-likeness (QED) is 0.222. The Morgan fingerprint density at radius 2 is 1.61 bits per heavy atom. The maximum absolute atomic E-state index is 12.8. The van der Waals surface area contributed by atoms with Crippen LogP contribution in [0.1, 0.15) is 26.4 Å². The summed E-state index contributed by atoms with van der Waals surface area (Å²) >= 11 is 1.46. The number of ketones is 1. The summed E-state index contributed by atoms with van der Waals surface area (Å²) in [6.07, 6.45) is 5.80. The van der Waals surface area contributed by atoms with E-state index in [1.807, 2.05) is 66.1 Å². The normalized spacial score (nSPS) is 13.7. The Morgan fingerprint density at radius 1 is 0.848 bits per heavy atom. The van der Waals surface area contributed by atoms with Crippen molar-refractivity contribution in [3.8, 4) is 5.75 Å². The maximum Gasteiger partial charge on any atom is 0.197 e. The van der Waals surface area contributed by atoms with Crippen molar-refractivity contribution in [3.63, 3.8) is 0 Å². The lowest BCUT2D eigenvalue weighted by atomic mass is 10.0. The molecule has 5 rings (SSSR count). The summed E-state index contributed by atoms with van der Waals surface area (Å²) in [4.78, 5) is 15.7. The largest absolute Gasteiger partial charge is 0.489 e. The number of rotatable bonds is 7. The van der Waals surface area contributed by atoms with Crippen molar-refractivity contribution in [1.82, 2.24) is 0 Å². The van der Waals surface area contributed by atoms with E-state index in [9.17, 15) is 4.79 Å². The van der Waals surface area contributed by atoms with Crippen LogP contribution in [0, 0.1) is 0 Å². The Bertz CT molecular complexity index is 1290. The summed E-state index contributed by atoms with van der Waals surface area (Å²) in [6, 6.07) is 30.3. The van der Waals surface area contributed by atoms with Crippen molar-refractivity contribution in [3.05, 3.63) is 136 Å². The van der Waals surface area contributed by atoms with E-state index >= 15 is 0 Å². The number of hydrogen-bond donors (Lipinski definition) is 0. The highest BCUT2D eigenvalue weighted by Gasteiger charge is 2.20. The van der Waals surface area contributed by atoms with Gasteiger partial charge in [0.1, 0.15) is 12.4 Å². The van der Waals surface area contributed by atoms with Crippen LogP contribution >= 0.6 is 11.3 Å². The van der Waals surface area contributed by atoms with Crippen LogP contribution in [-0.4, -0.2) is 5.78 Å². The van der Waals surface area contributed by atoms with Gasteiger partial charge in [-0.2, -0.15) is 0 Å². The average molecular weight is 450 g/mol. The molecular formula is C29H23NO2S. The van der Waals surface area contributed by atoms with Crippen molar-refractivity contribution < 1.29 is 9.53 Å². The lowest BCUT2D eigenvalue weighted by molar-refractivity contribution is 0.104. The van der Waals surface area contributed by atoms with E-state index in [-0.39, 0.29) is 5.78 Å². The van der Waals surface area contributed by atoms with Gasteiger partial charge >= 0.3 is 0 Å². The highest BCUT2D eigenvalue weighted by molar-refractivity contribution is 7.12. The predicted molar refractivity (Wildman–Crippen MR) is 136 cm³/mol. The molecular weight excluding hydrogens is 426 g/mol. The van der Waals surface area contributed by atoms with Gasteiger partial charge in [-0.15, -0.1) is 11.3 Å². The molecule has 0 N–H and O–H groups in total. The average Bonchev–Trinajstić information content (AvgIpc) is 3.41. The molecule has 0 saturated carbocycles. The Labute approximate surface area is 197 Å². The molecule has 0 aliphatic carbocycles. The summed E-state index contributed by atoms with van der Waals surface area (Å²) < 4.78 is 6.03. The number of nitrogens with zero attached hydrogens (tertiary/aromatic N) is 1. The molecule has 0 radical (unpaired) electrons. The lowest BCUT2D eigenvalue weighted by Gasteiger charge is -2.31. The molecule has 33 heavy (non-hydrogen) atoms. The Hall–Kier alpha value is -3.89. The second kappa shape index (κ2) is 9.72. The molecule has 0 spiro atoms. The van der Waals surface area contributed by atoms with Crippen LogP contribution in [0.15, 0.2) is 114 Å². The van der Waals surface area contributed by atoms with Gasteiger partial charge in [0.2, 0.25) is 0 Å². The number of ether oxygens (including phenoxy) is 1. The molecule has 3 nitrogen and oxygen atoms in total. The van der Waals surface area contributed by atoms with Gasteiger partial charge in [0.05, 0.1) is 4.88 Å². The summed E-state index contributed by atoms with van der Waals surface area (Å²) in [5.74, 6) is 0.845. The molecule has 0 amide bonds. The molecule has 3 aromatic carbocycles. The third-order valence-corrected chi connectivity index (χ3v) is 6.39. The fourth-order valence-electron chi connectivity index (χ4n) is 3.84. The topological polar surface area (TPSA) is 29.5 Å². The molecule has 4 heteroatoms. The van der Waals surface area contributed by atoms with Crippen LogP contribution in [0.4, 0.5) is 5.69 Å².